The van der Waals surface area contributed by atoms with Gasteiger partial charge in [0, 0.05) is 31.0 Å². The molecule has 0 saturated heterocycles. The van der Waals surface area contributed by atoms with Crippen LogP contribution < -0.4 is 10.6 Å². The van der Waals surface area contributed by atoms with E-state index in [1.54, 1.807) is 0 Å². The molecule has 2 N–H and O–H groups in total. The number of rotatable bonds is 18. The van der Waals surface area contributed by atoms with Gasteiger partial charge >= 0.3 is 5.97 Å². The summed E-state index contributed by atoms with van der Waals surface area (Å²) in [4.78, 5) is 83.1. The van der Waals surface area contributed by atoms with Gasteiger partial charge in [0.25, 0.3) is 11.8 Å². The van der Waals surface area contributed by atoms with E-state index in [1.807, 2.05) is 20.8 Å². The molecule has 0 aromatic carbocycles. The summed E-state index contributed by atoms with van der Waals surface area (Å²) < 4.78 is 4.93. The fourth-order valence-corrected chi connectivity index (χ4v) is 3.48. The lowest BCUT2D eigenvalue weighted by molar-refractivity contribution is -0.145. The lowest BCUT2D eigenvalue weighted by Gasteiger charge is -2.28. The van der Waals surface area contributed by atoms with Gasteiger partial charge in [-0.2, -0.15) is 0 Å². The predicted octanol–water partition coefficient (Wildman–Crippen LogP) is 1.91. The van der Waals surface area contributed by atoms with Crippen molar-refractivity contribution in [3.8, 4) is 0 Å². The molecule has 10 nitrogen and oxygen atoms in total. The summed E-state index contributed by atoms with van der Waals surface area (Å²) >= 11 is 0. The van der Waals surface area contributed by atoms with Crippen molar-refractivity contribution in [3.05, 3.63) is 24.8 Å². The number of allylic oxidation sites excluding steroid dienone is 1. The van der Waals surface area contributed by atoms with E-state index in [9.17, 15) is 33.6 Å². The number of amides is 2. The first kappa shape index (κ1) is 33.6. The van der Waals surface area contributed by atoms with Crippen molar-refractivity contribution in [1.82, 2.24) is 10.6 Å². The first-order valence-electron chi connectivity index (χ1n) is 12.2. The second kappa shape index (κ2) is 15.6. The van der Waals surface area contributed by atoms with E-state index >= 15 is 0 Å². The van der Waals surface area contributed by atoms with E-state index in [1.165, 1.54) is 20.8 Å². The van der Waals surface area contributed by atoms with Crippen LogP contribution >= 0.6 is 0 Å². The van der Waals surface area contributed by atoms with Gasteiger partial charge < -0.3 is 15.4 Å². The highest BCUT2D eigenvalue weighted by Crippen LogP contribution is 2.26. The van der Waals surface area contributed by atoms with Crippen LogP contribution in [0, 0.1) is 23.2 Å². The molecule has 0 heterocycles. The Morgan fingerprint density at radius 3 is 2.00 bits per heavy atom. The number of hydrogen-bond donors (Lipinski definition) is 2. The van der Waals surface area contributed by atoms with E-state index in [-0.39, 0.29) is 43.0 Å². The lowest BCUT2D eigenvalue weighted by atomic mass is 9.82. The highest BCUT2D eigenvalue weighted by molar-refractivity contribution is 6.43. The molecule has 0 rings (SSSR count). The van der Waals surface area contributed by atoms with Gasteiger partial charge in [-0.15, -0.1) is 0 Å². The minimum Gasteiger partial charge on any atom is -0.462 e. The molecule has 0 aliphatic heterocycles. The maximum atomic E-state index is 12.2. The van der Waals surface area contributed by atoms with E-state index in [0.29, 0.717) is 12.8 Å². The van der Waals surface area contributed by atoms with Gasteiger partial charge in [-0.1, -0.05) is 47.8 Å². The number of carbonyl (C=O) groups excluding carboxylic acids is 7. The number of Topliss-reactive ketones (excluding diaryl/α,β-unsaturated/α-hetero) is 3. The van der Waals surface area contributed by atoms with E-state index in [0.717, 1.165) is 6.08 Å². The Balaban J connectivity index is 4.51. The minimum atomic E-state index is -0.917. The van der Waals surface area contributed by atoms with Crippen molar-refractivity contribution in [3.63, 3.8) is 0 Å². The number of ketones is 4. The minimum absolute atomic E-state index is 0.114. The zero-order valence-corrected chi connectivity index (χ0v) is 22.7. The average molecular weight is 521 g/mol. The molecule has 3 atom stereocenters. The second-order valence-electron chi connectivity index (χ2n) is 10.3. The molecular formula is C27H40N2O8. The number of esters is 1. The Bertz CT molecular complexity index is 935. The third-order valence-electron chi connectivity index (χ3n) is 5.66. The third-order valence-corrected chi connectivity index (χ3v) is 5.66. The Labute approximate surface area is 218 Å². The number of hydrogen-bond acceptors (Lipinski definition) is 8. The molecular weight excluding hydrogens is 480 g/mol. The summed E-state index contributed by atoms with van der Waals surface area (Å²) in [6, 6.07) is 0. The zero-order valence-electron chi connectivity index (χ0n) is 22.7. The topological polar surface area (TPSA) is 153 Å². The molecule has 0 aliphatic carbocycles. The molecule has 37 heavy (non-hydrogen) atoms. The van der Waals surface area contributed by atoms with Gasteiger partial charge in [-0.05, 0) is 37.2 Å². The molecule has 3 unspecified atom stereocenters. The maximum Gasteiger partial charge on any atom is 0.333 e. The molecule has 0 spiro atoms. The number of nitrogens with one attached hydrogen (secondary N) is 2. The first-order valence-corrected chi connectivity index (χ1v) is 12.2. The largest absolute Gasteiger partial charge is 0.462 e. The van der Waals surface area contributed by atoms with Crippen molar-refractivity contribution in [2.24, 2.45) is 23.2 Å². The zero-order chi connectivity index (χ0) is 28.9. The molecule has 206 valence electrons. The number of carbonyl (C=O) groups is 7. The van der Waals surface area contributed by atoms with Crippen molar-refractivity contribution in [2.75, 3.05) is 19.7 Å². The number of ether oxygens (including phenoxy) is 1. The van der Waals surface area contributed by atoms with Crippen LogP contribution in [0.15, 0.2) is 24.8 Å². The first-order chi connectivity index (χ1) is 17.0. The van der Waals surface area contributed by atoms with E-state index in [2.05, 4.69) is 23.8 Å². The SMILES string of the molecule is C=CC(=O)C(=O)CC(C)C(=O)C(=O)NCCC(C)CC(C)(C)CNC(=O)C(=O)C(C)COC(=O)C(=C)C. The van der Waals surface area contributed by atoms with Crippen molar-refractivity contribution in [2.45, 2.75) is 60.8 Å². The Hall–Kier alpha value is -3.43. The molecule has 0 radical (unpaired) electrons. The van der Waals surface area contributed by atoms with Crippen LogP contribution in [0.4, 0.5) is 0 Å². The van der Waals surface area contributed by atoms with Gasteiger partial charge in [-0.3, -0.25) is 28.8 Å². The molecule has 0 aromatic heterocycles. The van der Waals surface area contributed by atoms with Crippen LogP contribution in [0.25, 0.3) is 0 Å². The quantitative estimate of drug-likeness (QED) is 0.158. The van der Waals surface area contributed by atoms with E-state index in [4.69, 9.17) is 4.74 Å². The Morgan fingerprint density at radius 2 is 1.46 bits per heavy atom. The summed E-state index contributed by atoms with van der Waals surface area (Å²) in [5.74, 6) is -6.81. The average Bonchev–Trinajstić information content (AvgIpc) is 2.83. The Morgan fingerprint density at radius 1 is 0.919 bits per heavy atom. The molecule has 2 amide bonds. The molecule has 0 aliphatic rings. The monoisotopic (exact) mass is 520 g/mol. The molecule has 0 fully saturated rings. The van der Waals surface area contributed by atoms with Gasteiger partial charge in [0.05, 0.1) is 5.92 Å². The summed E-state index contributed by atoms with van der Waals surface area (Å²) in [6.07, 6.45) is 1.74. The van der Waals surface area contributed by atoms with Crippen LogP contribution in [0.3, 0.4) is 0 Å². The van der Waals surface area contributed by atoms with Crippen LogP contribution in [-0.2, 0) is 38.3 Å². The second-order valence-corrected chi connectivity index (χ2v) is 10.3. The molecule has 0 aromatic rings. The smallest absolute Gasteiger partial charge is 0.333 e. The van der Waals surface area contributed by atoms with Gasteiger partial charge in [0.15, 0.2) is 0 Å². The Kier molecular flexibility index (Phi) is 14.2. The van der Waals surface area contributed by atoms with Crippen molar-refractivity contribution in [1.29, 1.82) is 0 Å². The van der Waals surface area contributed by atoms with Crippen LogP contribution in [0.5, 0.6) is 0 Å². The van der Waals surface area contributed by atoms with Gasteiger partial charge in [0.2, 0.25) is 23.1 Å². The van der Waals surface area contributed by atoms with Crippen LogP contribution in [-0.4, -0.2) is 60.6 Å². The standard InChI is InChI=1S/C27H40N2O8/c1-9-20(30)21(31)12-18(5)22(32)24(34)28-11-10-17(4)13-27(7,8)15-29-25(35)23(33)19(6)14-37-26(36)16(2)3/h9,17-19H,1-2,10-15H2,3-8H3,(H,28,34)(H,29,35). The van der Waals surface area contributed by atoms with Crippen molar-refractivity contribution < 1.29 is 38.3 Å². The van der Waals surface area contributed by atoms with E-state index < -0.39 is 52.8 Å². The van der Waals surface area contributed by atoms with Gasteiger partial charge in [0.1, 0.15) is 6.61 Å². The molecule has 0 bridgehead atoms. The van der Waals surface area contributed by atoms with Crippen molar-refractivity contribution >= 4 is 40.9 Å². The normalized spacial score (nSPS) is 13.4. The van der Waals surface area contributed by atoms with Crippen LogP contribution in [0.2, 0.25) is 0 Å². The third kappa shape index (κ3) is 12.9. The summed E-state index contributed by atoms with van der Waals surface area (Å²) in [5, 5.41) is 5.17. The fourth-order valence-electron chi connectivity index (χ4n) is 3.48. The van der Waals surface area contributed by atoms with Gasteiger partial charge in [-0.25, -0.2) is 4.79 Å². The summed E-state index contributed by atoms with van der Waals surface area (Å²) in [7, 11) is 0. The molecule has 10 heteroatoms. The summed E-state index contributed by atoms with van der Waals surface area (Å²) in [5.41, 5.74) is -0.161. The predicted molar refractivity (Wildman–Crippen MR) is 137 cm³/mol. The lowest BCUT2D eigenvalue weighted by Crippen LogP contribution is -2.41. The van der Waals surface area contributed by atoms with Crippen LogP contribution in [0.1, 0.15) is 60.8 Å². The molecule has 0 saturated carbocycles. The summed E-state index contributed by atoms with van der Waals surface area (Å²) in [6.45, 7) is 17.1. The highest BCUT2D eigenvalue weighted by atomic mass is 16.5. The fraction of sp³-hybridized carbons (Fsp3) is 0.593. The maximum absolute atomic E-state index is 12.2. The highest BCUT2D eigenvalue weighted by Gasteiger charge is 2.28.